The average molecular weight is 343 g/mol. The van der Waals surface area contributed by atoms with Gasteiger partial charge in [-0.05, 0) is 31.2 Å². The quantitative estimate of drug-likeness (QED) is 0.383. The fraction of sp³-hybridized carbons (Fsp3) is 0.421. The minimum absolute atomic E-state index is 0.0499. The first-order valence-corrected chi connectivity index (χ1v) is 8.62. The van der Waals surface area contributed by atoms with Gasteiger partial charge in [-0.3, -0.25) is 4.79 Å². The van der Waals surface area contributed by atoms with E-state index >= 15 is 0 Å². The molecule has 0 aliphatic carbocycles. The van der Waals surface area contributed by atoms with Crippen LogP contribution >= 0.6 is 0 Å². The first kappa shape index (κ1) is 18.7. The van der Waals surface area contributed by atoms with Gasteiger partial charge in [0.1, 0.15) is 6.61 Å². The number of aliphatic carboxylic acids is 1. The van der Waals surface area contributed by atoms with Crippen molar-refractivity contribution in [2.24, 2.45) is 5.16 Å². The summed E-state index contributed by atoms with van der Waals surface area (Å²) in [5, 5.41) is 13.0. The Hall–Kier alpha value is -2.63. The molecule has 0 radical (unpaired) electrons. The van der Waals surface area contributed by atoms with Crippen LogP contribution in [0, 0.1) is 0 Å². The van der Waals surface area contributed by atoms with Gasteiger partial charge in [-0.1, -0.05) is 42.4 Å². The maximum absolute atomic E-state index is 10.5. The Morgan fingerprint density at radius 3 is 2.76 bits per heavy atom. The van der Waals surface area contributed by atoms with E-state index in [0.717, 1.165) is 18.6 Å². The molecule has 1 heterocycles. The van der Waals surface area contributed by atoms with Crippen molar-refractivity contribution in [1.29, 1.82) is 0 Å². The number of oxime groups is 1. The number of nitrogens with zero attached hydrogens (tertiary/aromatic N) is 3. The molecule has 1 N–H and O–H groups in total. The molecule has 134 valence electrons. The van der Waals surface area contributed by atoms with Crippen LogP contribution in [-0.2, 0) is 16.1 Å². The SMILES string of the molecule is CCC(=NOCCCCC(=O)O)C(Cc1ccccc1)n1ccnc1. The zero-order chi connectivity index (χ0) is 17.9. The Kier molecular flexibility index (Phi) is 7.69. The molecule has 0 fully saturated rings. The third-order valence-electron chi connectivity index (χ3n) is 3.96. The van der Waals surface area contributed by atoms with Gasteiger partial charge in [0.15, 0.2) is 0 Å². The van der Waals surface area contributed by atoms with E-state index in [-0.39, 0.29) is 12.5 Å². The highest BCUT2D eigenvalue weighted by atomic mass is 16.6. The Labute approximate surface area is 148 Å². The molecule has 0 saturated heterocycles. The van der Waals surface area contributed by atoms with Gasteiger partial charge >= 0.3 is 5.97 Å². The Bertz CT molecular complexity index is 654. The number of rotatable bonds is 11. The minimum atomic E-state index is -0.777. The van der Waals surface area contributed by atoms with E-state index in [1.54, 1.807) is 12.5 Å². The molecule has 1 aromatic carbocycles. The van der Waals surface area contributed by atoms with E-state index < -0.39 is 5.97 Å². The molecule has 2 rings (SSSR count). The lowest BCUT2D eigenvalue weighted by molar-refractivity contribution is -0.137. The summed E-state index contributed by atoms with van der Waals surface area (Å²) in [6.45, 7) is 2.49. The van der Waals surface area contributed by atoms with Gasteiger partial charge in [0.2, 0.25) is 0 Å². The molecule has 0 aliphatic rings. The number of imidazole rings is 1. The van der Waals surface area contributed by atoms with Crippen molar-refractivity contribution in [2.75, 3.05) is 6.61 Å². The van der Waals surface area contributed by atoms with Crippen molar-refractivity contribution in [3.8, 4) is 0 Å². The van der Waals surface area contributed by atoms with Crippen LogP contribution in [-0.4, -0.2) is 32.9 Å². The minimum Gasteiger partial charge on any atom is -0.481 e. The topological polar surface area (TPSA) is 76.7 Å². The number of carboxylic acids is 1. The molecule has 1 aromatic heterocycles. The summed E-state index contributed by atoms with van der Waals surface area (Å²) in [6.07, 6.45) is 8.52. The third-order valence-corrected chi connectivity index (χ3v) is 3.96. The summed E-state index contributed by atoms with van der Waals surface area (Å²) in [5.74, 6) is -0.777. The fourth-order valence-electron chi connectivity index (χ4n) is 2.62. The number of carbonyl (C=O) groups is 1. The predicted octanol–water partition coefficient (Wildman–Crippen LogP) is 3.70. The van der Waals surface area contributed by atoms with Crippen LogP contribution in [0.5, 0.6) is 0 Å². The number of hydrogen-bond acceptors (Lipinski definition) is 4. The molecule has 6 heteroatoms. The molecule has 1 atom stereocenters. The normalized spacial score (nSPS) is 12.8. The summed E-state index contributed by atoms with van der Waals surface area (Å²) in [7, 11) is 0. The standard InChI is InChI=1S/C19H25N3O3/c1-2-17(21-25-13-7-6-10-19(23)24)18(22-12-11-20-15-22)14-16-8-4-3-5-9-16/h3-5,8-9,11-12,15,18H,2,6-7,10,13-14H2,1H3,(H,23,24). The molecule has 0 saturated carbocycles. The lowest BCUT2D eigenvalue weighted by Gasteiger charge is -2.20. The van der Waals surface area contributed by atoms with Crippen molar-refractivity contribution < 1.29 is 14.7 Å². The molecule has 0 aliphatic heterocycles. The van der Waals surface area contributed by atoms with Gasteiger partial charge in [-0.25, -0.2) is 4.98 Å². The molecule has 2 aromatic rings. The van der Waals surface area contributed by atoms with E-state index in [4.69, 9.17) is 9.94 Å². The number of hydrogen-bond donors (Lipinski definition) is 1. The monoisotopic (exact) mass is 343 g/mol. The first-order chi connectivity index (χ1) is 12.2. The van der Waals surface area contributed by atoms with Crippen LogP contribution in [0.25, 0.3) is 0 Å². The third kappa shape index (κ3) is 6.41. The lowest BCUT2D eigenvalue weighted by atomic mass is 10.0. The molecular formula is C19H25N3O3. The Morgan fingerprint density at radius 2 is 2.12 bits per heavy atom. The second kappa shape index (κ2) is 10.3. The zero-order valence-corrected chi connectivity index (χ0v) is 14.5. The van der Waals surface area contributed by atoms with Crippen LogP contribution in [0.15, 0.2) is 54.2 Å². The highest BCUT2D eigenvalue weighted by Gasteiger charge is 2.18. The largest absolute Gasteiger partial charge is 0.481 e. The summed E-state index contributed by atoms with van der Waals surface area (Å²) in [4.78, 5) is 20.1. The number of unbranched alkanes of at least 4 members (excludes halogenated alkanes) is 1. The maximum atomic E-state index is 10.5. The number of benzene rings is 1. The Balaban J connectivity index is 2.00. The van der Waals surface area contributed by atoms with Gasteiger partial charge < -0.3 is 14.5 Å². The average Bonchev–Trinajstić information content (AvgIpc) is 3.15. The van der Waals surface area contributed by atoms with Crippen LogP contribution in [0.1, 0.15) is 44.2 Å². The summed E-state index contributed by atoms with van der Waals surface area (Å²) >= 11 is 0. The highest BCUT2D eigenvalue weighted by molar-refractivity contribution is 5.87. The first-order valence-electron chi connectivity index (χ1n) is 8.62. The fourth-order valence-corrected chi connectivity index (χ4v) is 2.62. The maximum Gasteiger partial charge on any atom is 0.303 e. The van der Waals surface area contributed by atoms with Crippen molar-refractivity contribution in [3.05, 3.63) is 54.6 Å². The van der Waals surface area contributed by atoms with Gasteiger partial charge in [-0.2, -0.15) is 0 Å². The summed E-state index contributed by atoms with van der Waals surface area (Å²) < 4.78 is 2.04. The van der Waals surface area contributed by atoms with Crippen molar-refractivity contribution >= 4 is 11.7 Å². The smallest absolute Gasteiger partial charge is 0.303 e. The molecule has 0 bridgehead atoms. The van der Waals surface area contributed by atoms with Crippen LogP contribution in [0.4, 0.5) is 0 Å². The highest BCUT2D eigenvalue weighted by Crippen LogP contribution is 2.18. The van der Waals surface area contributed by atoms with Crippen molar-refractivity contribution in [1.82, 2.24) is 9.55 Å². The van der Waals surface area contributed by atoms with Crippen LogP contribution < -0.4 is 0 Å². The van der Waals surface area contributed by atoms with E-state index in [2.05, 4.69) is 29.2 Å². The number of carboxylic acid groups (broad SMARTS) is 1. The van der Waals surface area contributed by atoms with Crippen LogP contribution in [0.3, 0.4) is 0 Å². The van der Waals surface area contributed by atoms with Gasteiger partial charge in [0.25, 0.3) is 0 Å². The zero-order valence-electron chi connectivity index (χ0n) is 14.5. The Morgan fingerprint density at radius 1 is 1.32 bits per heavy atom. The number of aromatic nitrogens is 2. The van der Waals surface area contributed by atoms with Gasteiger partial charge in [0.05, 0.1) is 18.1 Å². The van der Waals surface area contributed by atoms with E-state index in [1.165, 1.54) is 5.56 Å². The van der Waals surface area contributed by atoms with Gasteiger partial charge in [-0.15, -0.1) is 0 Å². The lowest BCUT2D eigenvalue weighted by Crippen LogP contribution is -2.21. The van der Waals surface area contributed by atoms with Crippen molar-refractivity contribution in [2.45, 2.75) is 45.1 Å². The van der Waals surface area contributed by atoms with E-state index in [9.17, 15) is 4.79 Å². The molecule has 0 amide bonds. The van der Waals surface area contributed by atoms with Gasteiger partial charge in [0, 0.05) is 18.8 Å². The molecular weight excluding hydrogens is 318 g/mol. The molecule has 25 heavy (non-hydrogen) atoms. The molecule has 6 nitrogen and oxygen atoms in total. The summed E-state index contributed by atoms with van der Waals surface area (Å²) in [5.41, 5.74) is 2.17. The summed E-state index contributed by atoms with van der Waals surface area (Å²) in [6, 6.07) is 10.3. The van der Waals surface area contributed by atoms with E-state index in [1.807, 2.05) is 29.0 Å². The van der Waals surface area contributed by atoms with Crippen molar-refractivity contribution in [3.63, 3.8) is 0 Å². The van der Waals surface area contributed by atoms with Crippen LogP contribution in [0.2, 0.25) is 0 Å². The molecule has 0 spiro atoms. The molecule has 1 unspecified atom stereocenters. The second-order valence-corrected chi connectivity index (χ2v) is 5.84. The predicted molar refractivity (Wildman–Crippen MR) is 96.6 cm³/mol. The second-order valence-electron chi connectivity index (χ2n) is 5.84. The van der Waals surface area contributed by atoms with E-state index in [0.29, 0.717) is 19.4 Å².